The minimum atomic E-state index is -4.55. The van der Waals surface area contributed by atoms with E-state index in [-0.39, 0.29) is 17.1 Å². The summed E-state index contributed by atoms with van der Waals surface area (Å²) in [5.41, 5.74) is 3.06. The van der Waals surface area contributed by atoms with Gasteiger partial charge in [0.25, 0.3) is 0 Å². The average Bonchev–Trinajstić information content (AvgIpc) is 2.18. The zero-order chi connectivity index (χ0) is 14.1. The van der Waals surface area contributed by atoms with Gasteiger partial charge in [-0.05, 0) is 18.1 Å². The van der Waals surface area contributed by atoms with Crippen molar-refractivity contribution in [3.05, 3.63) is 28.5 Å². The number of hydrogen-bond donors (Lipinski definition) is 1. The second-order valence-electron chi connectivity index (χ2n) is 4.59. The molecule has 100 valence electrons. The van der Waals surface area contributed by atoms with E-state index < -0.39 is 23.1 Å². The predicted octanol–water partition coefficient (Wildman–Crippen LogP) is 2.81. The quantitative estimate of drug-likeness (QED) is 0.866. The third-order valence-corrected chi connectivity index (χ3v) is 2.76. The summed E-state index contributed by atoms with van der Waals surface area (Å²) >= 11 is 5.45. The van der Waals surface area contributed by atoms with Crippen molar-refractivity contribution in [1.82, 2.24) is 4.98 Å². The van der Waals surface area contributed by atoms with Crippen LogP contribution in [0.1, 0.15) is 25.0 Å². The summed E-state index contributed by atoms with van der Waals surface area (Å²) in [5, 5.41) is -0.247. The second kappa shape index (κ2) is 4.76. The Labute approximate surface area is 107 Å². The van der Waals surface area contributed by atoms with Gasteiger partial charge < -0.3 is 5.73 Å². The Morgan fingerprint density at radius 1 is 1.44 bits per heavy atom. The SMILES string of the molecule is CC(C)(Cc1cnc(Cl)cc1C(F)(F)F)C(N)=O. The number of rotatable bonds is 3. The molecule has 0 aliphatic carbocycles. The van der Waals surface area contributed by atoms with Crippen molar-refractivity contribution in [2.75, 3.05) is 0 Å². The molecule has 0 fully saturated rings. The Balaban J connectivity index is 3.22. The third kappa shape index (κ3) is 3.35. The van der Waals surface area contributed by atoms with Gasteiger partial charge >= 0.3 is 6.18 Å². The fourth-order valence-electron chi connectivity index (χ4n) is 1.43. The lowest BCUT2D eigenvalue weighted by Gasteiger charge is -2.22. The van der Waals surface area contributed by atoms with Crippen molar-refractivity contribution < 1.29 is 18.0 Å². The molecule has 7 heteroatoms. The lowest BCUT2D eigenvalue weighted by atomic mass is 9.84. The van der Waals surface area contributed by atoms with Crippen LogP contribution in [0.4, 0.5) is 13.2 Å². The van der Waals surface area contributed by atoms with Crippen LogP contribution in [0.5, 0.6) is 0 Å². The smallest absolute Gasteiger partial charge is 0.369 e. The van der Waals surface area contributed by atoms with Crippen LogP contribution in [0.15, 0.2) is 12.3 Å². The second-order valence-corrected chi connectivity index (χ2v) is 4.97. The molecule has 0 saturated carbocycles. The van der Waals surface area contributed by atoms with Crippen LogP contribution in [-0.2, 0) is 17.4 Å². The van der Waals surface area contributed by atoms with Crippen LogP contribution in [-0.4, -0.2) is 10.9 Å². The van der Waals surface area contributed by atoms with Crippen LogP contribution < -0.4 is 5.73 Å². The van der Waals surface area contributed by atoms with Crippen molar-refractivity contribution in [2.45, 2.75) is 26.4 Å². The van der Waals surface area contributed by atoms with E-state index in [9.17, 15) is 18.0 Å². The maximum atomic E-state index is 12.8. The summed E-state index contributed by atoms with van der Waals surface area (Å²) in [4.78, 5) is 14.8. The topological polar surface area (TPSA) is 56.0 Å². The Morgan fingerprint density at radius 2 is 2.00 bits per heavy atom. The molecular weight excluding hydrogens is 269 g/mol. The molecule has 0 saturated heterocycles. The summed E-state index contributed by atoms with van der Waals surface area (Å²) in [6.07, 6.45) is -3.67. The first kappa shape index (κ1) is 14.8. The molecule has 0 aliphatic rings. The van der Waals surface area contributed by atoms with Gasteiger partial charge in [0, 0.05) is 11.6 Å². The highest BCUT2D eigenvalue weighted by molar-refractivity contribution is 6.29. The maximum Gasteiger partial charge on any atom is 0.416 e. The number of halogens is 4. The summed E-state index contributed by atoms with van der Waals surface area (Å²) < 4.78 is 38.4. The molecule has 1 aromatic rings. The number of nitrogens with zero attached hydrogens (tertiary/aromatic N) is 1. The number of aromatic nitrogens is 1. The Kier molecular flexibility index (Phi) is 3.90. The lowest BCUT2D eigenvalue weighted by Crippen LogP contribution is -2.34. The minimum Gasteiger partial charge on any atom is -0.369 e. The van der Waals surface area contributed by atoms with Crippen LogP contribution in [0, 0.1) is 5.41 Å². The van der Waals surface area contributed by atoms with Crippen molar-refractivity contribution in [3.63, 3.8) is 0 Å². The molecule has 1 aromatic heterocycles. The van der Waals surface area contributed by atoms with Gasteiger partial charge in [0.1, 0.15) is 5.15 Å². The van der Waals surface area contributed by atoms with Crippen molar-refractivity contribution in [1.29, 1.82) is 0 Å². The Hall–Kier alpha value is -1.30. The fraction of sp³-hybridized carbons (Fsp3) is 0.455. The highest BCUT2D eigenvalue weighted by Crippen LogP contribution is 2.35. The molecule has 1 heterocycles. The summed E-state index contributed by atoms with van der Waals surface area (Å²) in [7, 11) is 0. The molecule has 0 unspecified atom stereocenters. The van der Waals surface area contributed by atoms with Gasteiger partial charge in [0.15, 0.2) is 0 Å². The molecule has 0 spiro atoms. The number of pyridine rings is 1. The minimum absolute atomic E-state index is 0.101. The third-order valence-electron chi connectivity index (χ3n) is 2.56. The van der Waals surface area contributed by atoms with Crippen molar-refractivity contribution in [3.8, 4) is 0 Å². The average molecular weight is 281 g/mol. The zero-order valence-electron chi connectivity index (χ0n) is 9.81. The molecular formula is C11H12ClF3N2O. The van der Waals surface area contributed by atoms with E-state index in [1.165, 1.54) is 13.8 Å². The number of alkyl halides is 3. The highest BCUT2D eigenvalue weighted by atomic mass is 35.5. The number of hydrogen-bond acceptors (Lipinski definition) is 2. The molecule has 0 bridgehead atoms. The summed E-state index contributed by atoms with van der Waals surface area (Å²) in [6.45, 7) is 2.95. The van der Waals surface area contributed by atoms with Gasteiger partial charge in [0.05, 0.1) is 5.56 Å². The maximum absolute atomic E-state index is 12.8. The lowest BCUT2D eigenvalue weighted by molar-refractivity contribution is -0.139. The van der Waals surface area contributed by atoms with Gasteiger partial charge in [-0.2, -0.15) is 13.2 Å². The number of nitrogens with two attached hydrogens (primary N) is 1. The standard InChI is InChI=1S/C11H12ClF3N2O/c1-10(2,9(16)18)4-6-5-17-8(12)3-7(6)11(13,14)15/h3,5H,4H2,1-2H3,(H2,16,18). The molecule has 18 heavy (non-hydrogen) atoms. The molecule has 0 radical (unpaired) electrons. The Bertz CT molecular complexity index is 472. The van der Waals surface area contributed by atoms with Crippen molar-refractivity contribution in [2.24, 2.45) is 11.1 Å². The van der Waals surface area contributed by atoms with E-state index in [0.29, 0.717) is 0 Å². The normalized spacial score (nSPS) is 12.6. The van der Waals surface area contributed by atoms with Gasteiger partial charge in [-0.25, -0.2) is 4.98 Å². The van der Waals surface area contributed by atoms with E-state index in [2.05, 4.69) is 4.98 Å². The van der Waals surface area contributed by atoms with E-state index in [0.717, 1.165) is 12.3 Å². The van der Waals surface area contributed by atoms with E-state index in [1.807, 2.05) is 0 Å². The molecule has 2 N–H and O–H groups in total. The van der Waals surface area contributed by atoms with Crippen molar-refractivity contribution >= 4 is 17.5 Å². The summed E-state index contributed by atoms with van der Waals surface area (Å²) in [5.74, 6) is -0.675. The Morgan fingerprint density at radius 3 is 2.44 bits per heavy atom. The van der Waals surface area contributed by atoms with E-state index >= 15 is 0 Å². The predicted molar refractivity (Wildman–Crippen MR) is 60.9 cm³/mol. The molecule has 0 aliphatic heterocycles. The van der Waals surface area contributed by atoms with E-state index in [4.69, 9.17) is 17.3 Å². The first-order chi connectivity index (χ1) is 8.04. The highest BCUT2D eigenvalue weighted by Gasteiger charge is 2.36. The molecule has 3 nitrogen and oxygen atoms in total. The van der Waals surface area contributed by atoms with E-state index in [1.54, 1.807) is 0 Å². The fourth-order valence-corrected chi connectivity index (χ4v) is 1.58. The van der Waals surface area contributed by atoms with Crippen LogP contribution in [0.3, 0.4) is 0 Å². The van der Waals surface area contributed by atoms with Gasteiger partial charge in [-0.15, -0.1) is 0 Å². The van der Waals surface area contributed by atoms with Crippen LogP contribution >= 0.6 is 11.6 Å². The largest absolute Gasteiger partial charge is 0.416 e. The first-order valence-electron chi connectivity index (χ1n) is 5.05. The summed E-state index contributed by atoms with van der Waals surface area (Å²) in [6, 6.07) is 0.744. The van der Waals surface area contributed by atoms with Gasteiger partial charge in [-0.3, -0.25) is 4.79 Å². The molecule has 0 atom stereocenters. The number of primary amides is 1. The van der Waals surface area contributed by atoms with Crippen LogP contribution in [0.25, 0.3) is 0 Å². The first-order valence-corrected chi connectivity index (χ1v) is 5.43. The van der Waals surface area contributed by atoms with Gasteiger partial charge in [0.2, 0.25) is 5.91 Å². The zero-order valence-corrected chi connectivity index (χ0v) is 10.6. The number of amides is 1. The van der Waals surface area contributed by atoms with Crippen LogP contribution in [0.2, 0.25) is 5.15 Å². The van der Waals surface area contributed by atoms with Gasteiger partial charge in [-0.1, -0.05) is 25.4 Å². The number of carbonyl (C=O) groups excluding carboxylic acids is 1. The monoisotopic (exact) mass is 280 g/mol. The molecule has 1 amide bonds. The molecule has 1 rings (SSSR count). The number of carbonyl (C=O) groups is 1. The molecule has 0 aromatic carbocycles.